The lowest BCUT2D eigenvalue weighted by Gasteiger charge is -2.13. The molecule has 0 saturated carbocycles. The predicted octanol–water partition coefficient (Wildman–Crippen LogP) is 4.85. The van der Waals surface area contributed by atoms with Crippen LogP contribution in [-0.2, 0) is 10.0 Å². The molecule has 0 aliphatic carbocycles. The third kappa shape index (κ3) is 3.98. The van der Waals surface area contributed by atoms with E-state index in [1.165, 1.54) is 31.4 Å². The van der Waals surface area contributed by atoms with Gasteiger partial charge in [-0.05, 0) is 54.1 Å². The third-order valence-electron chi connectivity index (χ3n) is 5.26. The zero-order valence-corrected chi connectivity index (χ0v) is 20.3. The maximum atomic E-state index is 13.8. The van der Waals surface area contributed by atoms with Gasteiger partial charge in [0, 0.05) is 15.6 Å². The second-order valence-corrected chi connectivity index (χ2v) is 9.95. The van der Waals surface area contributed by atoms with E-state index >= 15 is 0 Å². The maximum absolute atomic E-state index is 13.8. The molecule has 0 spiro atoms. The number of carbonyl (C=O) groups is 1. The van der Waals surface area contributed by atoms with Crippen LogP contribution in [0.4, 0.5) is 5.82 Å². The highest BCUT2D eigenvalue weighted by atomic mass is 79.9. The smallest absolute Gasteiger partial charge is 0.270 e. The molecule has 0 saturated heterocycles. The molecule has 0 aliphatic heterocycles. The lowest BCUT2D eigenvalue weighted by atomic mass is 9.97. The Labute approximate surface area is 205 Å². The second kappa shape index (κ2) is 9.17. The number of aromatic nitrogens is 1. The fraction of sp³-hybridized carbons (Fsp3) is 0.0400. The fourth-order valence-electron chi connectivity index (χ4n) is 3.62. The molecule has 0 fully saturated rings. The average Bonchev–Trinajstić information content (AvgIpc) is 3.17. The van der Waals surface area contributed by atoms with E-state index < -0.39 is 15.8 Å². The zero-order chi connectivity index (χ0) is 24.5. The molecule has 3 aromatic carbocycles. The van der Waals surface area contributed by atoms with Gasteiger partial charge in [-0.2, -0.15) is 5.26 Å². The Kier molecular flexibility index (Phi) is 6.28. The molecule has 4 aromatic rings. The van der Waals surface area contributed by atoms with Gasteiger partial charge in [-0.1, -0.05) is 46.3 Å². The first kappa shape index (κ1) is 23.3. The number of nitrogens with zero attached hydrogens (tertiary/aromatic N) is 2. The Morgan fingerprint density at radius 1 is 1.00 bits per heavy atom. The van der Waals surface area contributed by atoms with Crippen LogP contribution in [0.1, 0.15) is 21.6 Å². The van der Waals surface area contributed by atoms with E-state index in [1.54, 1.807) is 54.6 Å². The van der Waals surface area contributed by atoms with Crippen molar-refractivity contribution in [2.75, 3.05) is 12.8 Å². The molecule has 4 rings (SSSR count). The van der Waals surface area contributed by atoms with E-state index in [2.05, 4.69) is 15.9 Å². The lowest BCUT2D eigenvalue weighted by molar-refractivity contribution is 0.103. The molecular weight excluding hydrogens is 518 g/mol. The first-order valence-corrected chi connectivity index (χ1v) is 12.2. The van der Waals surface area contributed by atoms with Crippen LogP contribution in [0.25, 0.3) is 11.1 Å². The van der Waals surface area contributed by atoms with E-state index in [0.717, 1.165) is 8.45 Å². The van der Waals surface area contributed by atoms with Gasteiger partial charge in [0.25, 0.3) is 10.0 Å². The summed E-state index contributed by atoms with van der Waals surface area (Å²) in [5.41, 5.74) is 6.84. The van der Waals surface area contributed by atoms with Crippen LogP contribution in [0.5, 0.6) is 5.75 Å². The Balaban J connectivity index is 2.07. The highest BCUT2D eigenvalue weighted by Gasteiger charge is 2.34. The molecule has 0 amide bonds. The normalized spacial score (nSPS) is 11.1. The second-order valence-electron chi connectivity index (χ2n) is 7.24. The fourth-order valence-corrected chi connectivity index (χ4v) is 5.34. The van der Waals surface area contributed by atoms with Crippen LogP contribution < -0.4 is 10.5 Å². The number of rotatable bonds is 6. The first-order chi connectivity index (χ1) is 16.3. The Hall–Kier alpha value is -3.87. The predicted molar refractivity (Wildman–Crippen MR) is 132 cm³/mol. The van der Waals surface area contributed by atoms with Crippen molar-refractivity contribution in [1.82, 2.24) is 3.97 Å². The molecule has 9 heteroatoms. The summed E-state index contributed by atoms with van der Waals surface area (Å²) < 4.78 is 34.1. The van der Waals surface area contributed by atoms with E-state index in [0.29, 0.717) is 11.3 Å². The van der Waals surface area contributed by atoms with Crippen molar-refractivity contribution in [2.24, 2.45) is 0 Å². The number of nitrogens with two attached hydrogens (primary N) is 1. The van der Waals surface area contributed by atoms with Crippen molar-refractivity contribution in [1.29, 1.82) is 5.26 Å². The molecule has 0 radical (unpaired) electrons. The van der Waals surface area contributed by atoms with Gasteiger partial charge in [0.05, 0.1) is 12.0 Å². The third-order valence-corrected chi connectivity index (χ3v) is 7.51. The van der Waals surface area contributed by atoms with Crippen molar-refractivity contribution in [3.8, 4) is 22.9 Å². The largest absolute Gasteiger partial charge is 0.497 e. The minimum atomic E-state index is -4.35. The van der Waals surface area contributed by atoms with Crippen LogP contribution in [0, 0.1) is 11.3 Å². The van der Waals surface area contributed by atoms with Gasteiger partial charge in [0.15, 0.2) is 0 Å². The molecular formula is C25H18BrN3O4S. The van der Waals surface area contributed by atoms with Gasteiger partial charge in [-0.3, -0.25) is 4.79 Å². The summed E-state index contributed by atoms with van der Waals surface area (Å²) in [6, 6.07) is 22.8. The van der Waals surface area contributed by atoms with Crippen LogP contribution in [-0.4, -0.2) is 25.3 Å². The number of ether oxygens (including phenoxy) is 1. The Bertz CT molecular complexity index is 1520. The standard InChI is InChI=1S/C25H18BrN3O4S/c1-33-19-11-13-20(14-12-19)34(31,32)29-23(24(30)17-7-9-18(26)10-8-17)22(21(15-27)25(29)28)16-5-3-2-4-6-16/h2-14H,28H2,1H3. The quantitative estimate of drug-likeness (QED) is 0.353. The van der Waals surface area contributed by atoms with Gasteiger partial charge in [-0.15, -0.1) is 0 Å². The van der Waals surface area contributed by atoms with Crippen molar-refractivity contribution in [3.05, 3.63) is 100 Å². The molecule has 1 heterocycles. The number of benzene rings is 3. The number of methoxy groups -OCH3 is 1. The molecule has 0 unspecified atom stereocenters. The molecule has 170 valence electrons. The summed E-state index contributed by atoms with van der Waals surface area (Å²) in [7, 11) is -2.89. The van der Waals surface area contributed by atoms with Gasteiger partial charge in [0.1, 0.15) is 28.9 Å². The van der Waals surface area contributed by atoms with Crippen LogP contribution >= 0.6 is 15.9 Å². The molecule has 0 atom stereocenters. The number of hydrogen-bond acceptors (Lipinski definition) is 6. The Morgan fingerprint density at radius 3 is 2.18 bits per heavy atom. The summed E-state index contributed by atoms with van der Waals surface area (Å²) in [4.78, 5) is 13.6. The summed E-state index contributed by atoms with van der Waals surface area (Å²) in [5, 5.41) is 9.92. The monoisotopic (exact) mass is 535 g/mol. The minimum Gasteiger partial charge on any atom is -0.497 e. The van der Waals surface area contributed by atoms with Gasteiger partial charge in [-0.25, -0.2) is 12.4 Å². The highest BCUT2D eigenvalue weighted by molar-refractivity contribution is 9.10. The SMILES string of the molecule is COc1ccc(S(=O)(=O)n2c(N)c(C#N)c(-c3ccccc3)c2C(=O)c2ccc(Br)cc2)cc1. The number of hydrogen-bond donors (Lipinski definition) is 1. The van der Waals surface area contributed by atoms with Crippen LogP contribution in [0.15, 0.2) is 88.2 Å². The number of nitrogen functional groups attached to an aromatic ring is 1. The molecule has 1 aromatic heterocycles. The number of carbonyl (C=O) groups excluding carboxylic acids is 1. The van der Waals surface area contributed by atoms with Gasteiger partial charge < -0.3 is 10.5 Å². The summed E-state index contributed by atoms with van der Waals surface area (Å²) in [6.07, 6.45) is 0. The number of anilines is 1. The maximum Gasteiger partial charge on any atom is 0.270 e. The molecule has 7 nitrogen and oxygen atoms in total. The molecule has 2 N–H and O–H groups in total. The minimum absolute atomic E-state index is 0.0938. The zero-order valence-electron chi connectivity index (χ0n) is 17.9. The van der Waals surface area contributed by atoms with Crippen molar-refractivity contribution in [2.45, 2.75) is 4.90 Å². The van der Waals surface area contributed by atoms with Crippen molar-refractivity contribution >= 4 is 37.6 Å². The van der Waals surface area contributed by atoms with E-state index in [1.807, 2.05) is 6.07 Å². The highest BCUT2D eigenvalue weighted by Crippen LogP contribution is 2.38. The van der Waals surface area contributed by atoms with E-state index in [9.17, 15) is 18.5 Å². The summed E-state index contributed by atoms with van der Waals surface area (Å²) >= 11 is 3.33. The lowest BCUT2D eigenvalue weighted by Crippen LogP contribution is -2.21. The average molecular weight is 536 g/mol. The number of halogens is 1. The topological polar surface area (TPSA) is 115 Å². The first-order valence-electron chi connectivity index (χ1n) is 9.99. The molecule has 34 heavy (non-hydrogen) atoms. The summed E-state index contributed by atoms with van der Waals surface area (Å²) in [6.45, 7) is 0. The van der Waals surface area contributed by atoms with E-state index in [4.69, 9.17) is 10.5 Å². The summed E-state index contributed by atoms with van der Waals surface area (Å²) in [5.74, 6) is -0.456. The Morgan fingerprint density at radius 2 is 1.62 bits per heavy atom. The van der Waals surface area contributed by atoms with Crippen molar-refractivity contribution < 1.29 is 17.9 Å². The van der Waals surface area contributed by atoms with Gasteiger partial charge >= 0.3 is 0 Å². The molecule has 0 bridgehead atoms. The molecule has 0 aliphatic rings. The van der Waals surface area contributed by atoms with Crippen LogP contribution in [0.2, 0.25) is 0 Å². The van der Waals surface area contributed by atoms with Gasteiger partial charge in [0.2, 0.25) is 5.78 Å². The van der Waals surface area contributed by atoms with E-state index in [-0.39, 0.29) is 33.1 Å². The van der Waals surface area contributed by atoms with Crippen molar-refractivity contribution in [3.63, 3.8) is 0 Å². The van der Waals surface area contributed by atoms with Crippen LogP contribution in [0.3, 0.4) is 0 Å². The number of nitriles is 1. The number of ketones is 1.